The van der Waals surface area contributed by atoms with Crippen LogP contribution in [0.2, 0.25) is 0 Å². The molecule has 16 heavy (non-hydrogen) atoms. The van der Waals surface area contributed by atoms with Crippen LogP contribution < -0.4 is 5.56 Å². The Labute approximate surface area is 96.3 Å². The Bertz CT molecular complexity index is 588. The van der Waals surface area contributed by atoms with E-state index in [1.807, 2.05) is 18.4 Å². The minimum atomic E-state index is -0.242. The molecular formula is C9H11N5OS. The lowest BCUT2D eigenvalue weighted by Gasteiger charge is -2.08. The van der Waals surface area contributed by atoms with E-state index >= 15 is 0 Å². The van der Waals surface area contributed by atoms with Gasteiger partial charge in [-0.25, -0.2) is 5.10 Å². The summed E-state index contributed by atoms with van der Waals surface area (Å²) in [5, 5.41) is 13.1. The van der Waals surface area contributed by atoms with E-state index in [0.717, 1.165) is 0 Å². The molecule has 0 fully saturated rings. The molecule has 0 saturated heterocycles. The maximum absolute atomic E-state index is 10.9. The normalized spacial score (nSPS) is 10.9. The summed E-state index contributed by atoms with van der Waals surface area (Å²) in [5.41, 5.74) is 0.342. The van der Waals surface area contributed by atoms with E-state index in [1.165, 1.54) is 6.07 Å². The van der Waals surface area contributed by atoms with Gasteiger partial charge < -0.3 is 0 Å². The Morgan fingerprint density at radius 2 is 2.06 bits per heavy atom. The summed E-state index contributed by atoms with van der Waals surface area (Å²) in [7, 11) is 0. The van der Waals surface area contributed by atoms with Gasteiger partial charge in [-0.15, -0.1) is 0 Å². The van der Waals surface area contributed by atoms with Crippen LogP contribution in [0, 0.1) is 4.77 Å². The Morgan fingerprint density at radius 1 is 1.31 bits per heavy atom. The average Bonchev–Trinajstić information content (AvgIpc) is 2.61. The van der Waals surface area contributed by atoms with Crippen LogP contribution in [0.1, 0.15) is 19.9 Å². The lowest BCUT2D eigenvalue weighted by Crippen LogP contribution is -2.09. The van der Waals surface area contributed by atoms with Crippen molar-refractivity contribution in [3.05, 3.63) is 27.3 Å². The zero-order valence-corrected chi connectivity index (χ0v) is 9.71. The third-order valence-electron chi connectivity index (χ3n) is 2.13. The van der Waals surface area contributed by atoms with Crippen LogP contribution in [0.25, 0.3) is 11.5 Å². The number of aromatic amines is 2. The van der Waals surface area contributed by atoms with Gasteiger partial charge in [0.25, 0.3) is 5.56 Å². The standard InChI is InChI=1S/C9H11N5OS/c1-5(2)14-8(12-13-9(14)16)6-3-4-7(15)11-10-6/h3-5H,1-2H3,(H,11,15)(H,13,16). The van der Waals surface area contributed by atoms with Gasteiger partial charge in [0.1, 0.15) is 5.69 Å². The van der Waals surface area contributed by atoms with Crippen LogP contribution in [0.3, 0.4) is 0 Å². The summed E-state index contributed by atoms with van der Waals surface area (Å²) in [6, 6.07) is 3.20. The predicted octanol–water partition coefficient (Wildman–Crippen LogP) is 1.27. The minimum absolute atomic E-state index is 0.176. The van der Waals surface area contributed by atoms with Crippen molar-refractivity contribution in [3.8, 4) is 11.5 Å². The topological polar surface area (TPSA) is 79.4 Å². The molecule has 0 radical (unpaired) electrons. The minimum Gasteiger partial charge on any atom is -0.296 e. The lowest BCUT2D eigenvalue weighted by molar-refractivity contribution is 0.595. The lowest BCUT2D eigenvalue weighted by atomic mass is 10.3. The maximum atomic E-state index is 10.9. The molecule has 2 aromatic heterocycles. The van der Waals surface area contributed by atoms with Crippen molar-refractivity contribution >= 4 is 12.2 Å². The number of nitrogens with zero attached hydrogens (tertiary/aromatic N) is 3. The first-order valence-electron chi connectivity index (χ1n) is 4.82. The molecule has 0 unspecified atom stereocenters. The Morgan fingerprint density at radius 3 is 2.62 bits per heavy atom. The molecule has 0 spiro atoms. The molecule has 0 atom stereocenters. The Kier molecular flexibility index (Phi) is 2.69. The first-order chi connectivity index (χ1) is 7.59. The number of H-pyrrole nitrogens is 2. The molecule has 2 rings (SSSR count). The third-order valence-corrected chi connectivity index (χ3v) is 2.42. The molecule has 0 aliphatic rings. The van der Waals surface area contributed by atoms with Crippen molar-refractivity contribution in [2.75, 3.05) is 0 Å². The molecule has 0 aliphatic heterocycles. The highest BCUT2D eigenvalue weighted by molar-refractivity contribution is 7.71. The van der Waals surface area contributed by atoms with Crippen molar-refractivity contribution in [2.24, 2.45) is 0 Å². The van der Waals surface area contributed by atoms with E-state index in [2.05, 4.69) is 20.4 Å². The van der Waals surface area contributed by atoms with Crippen molar-refractivity contribution in [3.63, 3.8) is 0 Å². The summed E-state index contributed by atoms with van der Waals surface area (Å²) in [4.78, 5) is 10.9. The van der Waals surface area contributed by atoms with E-state index in [9.17, 15) is 4.79 Å². The van der Waals surface area contributed by atoms with Crippen molar-refractivity contribution in [1.82, 2.24) is 25.0 Å². The van der Waals surface area contributed by atoms with Gasteiger partial charge in [0, 0.05) is 12.1 Å². The molecule has 0 aliphatic carbocycles. The molecule has 2 aromatic rings. The van der Waals surface area contributed by atoms with E-state index in [4.69, 9.17) is 12.2 Å². The van der Waals surface area contributed by atoms with E-state index < -0.39 is 0 Å². The second kappa shape index (κ2) is 4.01. The summed E-state index contributed by atoms with van der Waals surface area (Å²) in [5.74, 6) is 0.622. The number of hydrogen-bond acceptors (Lipinski definition) is 4. The summed E-state index contributed by atoms with van der Waals surface area (Å²) in [6.07, 6.45) is 0. The molecule has 2 N–H and O–H groups in total. The van der Waals surface area contributed by atoms with Gasteiger partial charge in [-0.05, 0) is 32.1 Å². The fourth-order valence-corrected chi connectivity index (χ4v) is 1.78. The molecule has 0 bridgehead atoms. The van der Waals surface area contributed by atoms with Gasteiger partial charge in [0.05, 0.1) is 0 Å². The zero-order chi connectivity index (χ0) is 11.7. The number of rotatable bonds is 2. The van der Waals surface area contributed by atoms with Crippen LogP contribution >= 0.6 is 12.2 Å². The maximum Gasteiger partial charge on any atom is 0.264 e. The predicted molar refractivity (Wildman–Crippen MR) is 61.6 cm³/mol. The van der Waals surface area contributed by atoms with Crippen LogP contribution in [0.5, 0.6) is 0 Å². The highest BCUT2D eigenvalue weighted by Crippen LogP contribution is 2.17. The first-order valence-corrected chi connectivity index (χ1v) is 5.23. The number of nitrogens with one attached hydrogen (secondary N) is 2. The van der Waals surface area contributed by atoms with E-state index in [-0.39, 0.29) is 11.6 Å². The van der Waals surface area contributed by atoms with Gasteiger partial charge in [0.2, 0.25) is 0 Å². The largest absolute Gasteiger partial charge is 0.296 e. The van der Waals surface area contributed by atoms with Crippen LogP contribution in [0.4, 0.5) is 0 Å². The number of aromatic nitrogens is 5. The van der Waals surface area contributed by atoms with Gasteiger partial charge in [-0.3, -0.25) is 14.5 Å². The SMILES string of the molecule is CC(C)n1c(-c2ccc(=O)[nH]n2)n[nH]c1=S. The van der Waals surface area contributed by atoms with Crippen molar-refractivity contribution < 1.29 is 0 Å². The molecule has 0 saturated carbocycles. The molecule has 0 aromatic carbocycles. The molecule has 7 heteroatoms. The van der Waals surface area contributed by atoms with Gasteiger partial charge >= 0.3 is 0 Å². The Hall–Kier alpha value is -1.76. The van der Waals surface area contributed by atoms with Crippen LogP contribution in [0.15, 0.2) is 16.9 Å². The summed E-state index contributed by atoms with van der Waals surface area (Å²) >= 11 is 5.12. The van der Waals surface area contributed by atoms with E-state index in [1.54, 1.807) is 6.07 Å². The summed E-state index contributed by atoms with van der Waals surface area (Å²) < 4.78 is 2.38. The second-order valence-corrected chi connectivity index (χ2v) is 4.01. The fraction of sp³-hybridized carbons (Fsp3) is 0.333. The van der Waals surface area contributed by atoms with Gasteiger partial charge in [-0.1, -0.05) is 0 Å². The summed E-state index contributed by atoms with van der Waals surface area (Å²) in [6.45, 7) is 4.00. The first kappa shape index (κ1) is 10.7. The Balaban J connectivity index is 2.60. The molecule has 6 nitrogen and oxygen atoms in total. The molecule has 84 valence electrons. The molecule has 2 heterocycles. The van der Waals surface area contributed by atoms with E-state index in [0.29, 0.717) is 16.3 Å². The average molecular weight is 237 g/mol. The number of hydrogen-bond donors (Lipinski definition) is 2. The van der Waals surface area contributed by atoms with Crippen LogP contribution in [-0.2, 0) is 0 Å². The smallest absolute Gasteiger partial charge is 0.264 e. The zero-order valence-electron chi connectivity index (χ0n) is 8.89. The monoisotopic (exact) mass is 237 g/mol. The third kappa shape index (κ3) is 1.81. The highest BCUT2D eigenvalue weighted by atomic mass is 32.1. The van der Waals surface area contributed by atoms with Crippen molar-refractivity contribution in [2.45, 2.75) is 19.9 Å². The van der Waals surface area contributed by atoms with Crippen molar-refractivity contribution in [1.29, 1.82) is 0 Å². The highest BCUT2D eigenvalue weighted by Gasteiger charge is 2.12. The molecular weight excluding hydrogens is 226 g/mol. The molecule has 0 amide bonds. The van der Waals surface area contributed by atoms with Gasteiger partial charge in [0.15, 0.2) is 10.6 Å². The quantitative estimate of drug-likeness (QED) is 0.771. The van der Waals surface area contributed by atoms with Crippen LogP contribution in [-0.4, -0.2) is 25.0 Å². The second-order valence-electron chi connectivity index (χ2n) is 3.62. The fourth-order valence-electron chi connectivity index (χ4n) is 1.43. The van der Waals surface area contributed by atoms with Gasteiger partial charge in [-0.2, -0.15) is 10.2 Å².